The molecule has 0 aliphatic carbocycles. The van der Waals surface area contributed by atoms with Crippen LogP contribution in [0.25, 0.3) is 11.1 Å². The molecule has 5 heteroatoms. The van der Waals surface area contributed by atoms with E-state index < -0.39 is 0 Å². The predicted molar refractivity (Wildman–Crippen MR) is 100 cm³/mol. The summed E-state index contributed by atoms with van der Waals surface area (Å²) in [5.41, 5.74) is 1.69. The molecule has 0 fully saturated rings. The second-order valence-electron chi connectivity index (χ2n) is 5.77. The highest BCUT2D eigenvalue weighted by atomic mass is 16.5. The molecule has 26 heavy (non-hydrogen) atoms. The molecule has 0 amide bonds. The highest BCUT2D eigenvalue weighted by Gasteiger charge is 2.18. The molecule has 0 spiro atoms. The van der Waals surface area contributed by atoms with Gasteiger partial charge in [-0.3, -0.25) is 9.59 Å². The smallest absolute Gasteiger partial charge is 0.311 e. The largest absolute Gasteiger partial charge is 0.497 e. The second kappa shape index (κ2) is 9.61. The summed E-state index contributed by atoms with van der Waals surface area (Å²) in [5.74, 6) is 1.15. The van der Waals surface area contributed by atoms with Crippen LogP contribution in [0.3, 0.4) is 0 Å². The van der Waals surface area contributed by atoms with E-state index in [9.17, 15) is 9.59 Å². The van der Waals surface area contributed by atoms with Crippen LogP contribution in [-0.2, 0) is 4.79 Å². The Morgan fingerprint density at radius 1 is 1.08 bits per heavy atom. The number of carbonyl (C=O) groups is 2. The van der Waals surface area contributed by atoms with Crippen LogP contribution in [0.1, 0.15) is 43.5 Å². The molecule has 2 aromatic carbocycles. The van der Waals surface area contributed by atoms with Gasteiger partial charge in [0.25, 0.3) is 0 Å². The zero-order valence-corrected chi connectivity index (χ0v) is 15.4. The monoisotopic (exact) mass is 356 g/mol. The molecule has 0 saturated carbocycles. The first kappa shape index (κ1) is 19.5. The molecule has 5 nitrogen and oxygen atoms in total. The van der Waals surface area contributed by atoms with Crippen molar-refractivity contribution in [2.75, 3.05) is 13.7 Å². The van der Waals surface area contributed by atoms with Gasteiger partial charge in [-0.2, -0.15) is 0 Å². The van der Waals surface area contributed by atoms with Crippen molar-refractivity contribution in [2.24, 2.45) is 0 Å². The lowest BCUT2D eigenvalue weighted by Crippen LogP contribution is -2.08. The van der Waals surface area contributed by atoms with Crippen molar-refractivity contribution in [3.63, 3.8) is 0 Å². The SMILES string of the molecule is CCCOc1cccc(C=O)c1-c1ccc(OC)cc1OC(=O)CCC. The minimum Gasteiger partial charge on any atom is -0.497 e. The zero-order valence-electron chi connectivity index (χ0n) is 15.4. The average molecular weight is 356 g/mol. The lowest BCUT2D eigenvalue weighted by atomic mass is 9.98. The normalized spacial score (nSPS) is 10.3. The molecule has 0 bridgehead atoms. The van der Waals surface area contributed by atoms with E-state index in [0.717, 1.165) is 12.7 Å². The molecule has 0 N–H and O–H groups in total. The maximum atomic E-state index is 12.0. The lowest BCUT2D eigenvalue weighted by molar-refractivity contribution is -0.134. The van der Waals surface area contributed by atoms with Gasteiger partial charge in [0.05, 0.1) is 13.7 Å². The van der Waals surface area contributed by atoms with Gasteiger partial charge in [-0.05, 0) is 31.0 Å². The Kier molecular flexibility index (Phi) is 7.21. The van der Waals surface area contributed by atoms with E-state index in [0.29, 0.717) is 53.4 Å². The number of hydrogen-bond donors (Lipinski definition) is 0. The third-order valence-corrected chi connectivity index (χ3v) is 3.78. The van der Waals surface area contributed by atoms with Crippen LogP contribution < -0.4 is 14.2 Å². The maximum Gasteiger partial charge on any atom is 0.311 e. The van der Waals surface area contributed by atoms with Gasteiger partial charge in [0.2, 0.25) is 0 Å². The van der Waals surface area contributed by atoms with Crippen molar-refractivity contribution in [3.05, 3.63) is 42.0 Å². The number of ether oxygens (including phenoxy) is 3. The van der Waals surface area contributed by atoms with Gasteiger partial charge in [0, 0.05) is 29.2 Å². The van der Waals surface area contributed by atoms with Gasteiger partial charge in [-0.25, -0.2) is 0 Å². The quantitative estimate of drug-likeness (QED) is 0.371. The molecule has 0 aliphatic heterocycles. The van der Waals surface area contributed by atoms with E-state index in [4.69, 9.17) is 14.2 Å². The van der Waals surface area contributed by atoms with Crippen LogP contribution in [0.4, 0.5) is 0 Å². The standard InChI is InChI=1S/C21H24O5/c1-4-7-20(23)26-19-13-16(24-3)10-11-17(19)21-15(14-22)8-6-9-18(21)25-12-5-2/h6,8-11,13-14H,4-5,7,12H2,1-3H3. The molecule has 2 rings (SSSR count). The van der Waals surface area contributed by atoms with Crippen molar-refractivity contribution in [3.8, 4) is 28.4 Å². The summed E-state index contributed by atoms with van der Waals surface area (Å²) in [6.07, 6.45) is 2.61. The summed E-state index contributed by atoms with van der Waals surface area (Å²) in [5, 5.41) is 0. The summed E-state index contributed by atoms with van der Waals surface area (Å²) in [6, 6.07) is 10.5. The zero-order chi connectivity index (χ0) is 18.9. The van der Waals surface area contributed by atoms with Crippen LogP contribution in [-0.4, -0.2) is 26.0 Å². The van der Waals surface area contributed by atoms with E-state index in [1.165, 1.54) is 0 Å². The topological polar surface area (TPSA) is 61.8 Å². The first-order valence-corrected chi connectivity index (χ1v) is 8.74. The fourth-order valence-electron chi connectivity index (χ4n) is 2.57. The van der Waals surface area contributed by atoms with Gasteiger partial charge < -0.3 is 14.2 Å². The summed E-state index contributed by atoms with van der Waals surface area (Å²) in [7, 11) is 1.54. The first-order valence-electron chi connectivity index (χ1n) is 8.74. The molecule has 0 radical (unpaired) electrons. The van der Waals surface area contributed by atoms with Crippen LogP contribution >= 0.6 is 0 Å². The Hall–Kier alpha value is -2.82. The molecule has 2 aromatic rings. The van der Waals surface area contributed by atoms with Crippen LogP contribution in [0.2, 0.25) is 0 Å². The number of hydrogen-bond acceptors (Lipinski definition) is 5. The average Bonchev–Trinajstić information content (AvgIpc) is 2.66. The molecule has 0 unspecified atom stereocenters. The van der Waals surface area contributed by atoms with Crippen molar-refractivity contribution in [2.45, 2.75) is 33.1 Å². The fraction of sp³-hybridized carbons (Fsp3) is 0.333. The Morgan fingerprint density at radius 2 is 1.88 bits per heavy atom. The number of benzene rings is 2. The van der Waals surface area contributed by atoms with E-state index in [2.05, 4.69) is 0 Å². The number of carbonyl (C=O) groups excluding carboxylic acids is 2. The molecular weight excluding hydrogens is 332 g/mol. The van der Waals surface area contributed by atoms with Gasteiger partial charge in [0.15, 0.2) is 6.29 Å². The second-order valence-corrected chi connectivity index (χ2v) is 5.77. The first-order chi connectivity index (χ1) is 12.6. The highest BCUT2D eigenvalue weighted by molar-refractivity contribution is 5.93. The van der Waals surface area contributed by atoms with E-state index in [-0.39, 0.29) is 5.97 Å². The van der Waals surface area contributed by atoms with Gasteiger partial charge >= 0.3 is 5.97 Å². The minimum absolute atomic E-state index is 0.311. The summed E-state index contributed by atoms with van der Waals surface area (Å²) >= 11 is 0. The number of methoxy groups -OCH3 is 1. The molecule has 0 aromatic heterocycles. The van der Waals surface area contributed by atoms with Crippen molar-refractivity contribution >= 4 is 12.3 Å². The van der Waals surface area contributed by atoms with Gasteiger partial charge in [-0.1, -0.05) is 26.0 Å². The van der Waals surface area contributed by atoms with Gasteiger partial charge in [-0.15, -0.1) is 0 Å². The number of aldehydes is 1. The lowest BCUT2D eigenvalue weighted by Gasteiger charge is -2.17. The Morgan fingerprint density at radius 3 is 2.54 bits per heavy atom. The molecule has 0 saturated heterocycles. The Balaban J connectivity index is 2.59. The van der Waals surface area contributed by atoms with Crippen LogP contribution in [0, 0.1) is 0 Å². The van der Waals surface area contributed by atoms with Crippen LogP contribution in [0.5, 0.6) is 17.2 Å². The van der Waals surface area contributed by atoms with Gasteiger partial charge in [0.1, 0.15) is 17.2 Å². The molecule has 0 atom stereocenters. The Bertz CT molecular complexity index is 767. The van der Waals surface area contributed by atoms with E-state index in [1.807, 2.05) is 13.8 Å². The summed E-state index contributed by atoms with van der Waals surface area (Å²) in [4.78, 5) is 23.6. The van der Waals surface area contributed by atoms with Crippen molar-refractivity contribution in [1.29, 1.82) is 0 Å². The Labute approximate surface area is 153 Å². The van der Waals surface area contributed by atoms with E-state index >= 15 is 0 Å². The molecule has 0 aliphatic rings. The third kappa shape index (κ3) is 4.63. The molecule has 0 heterocycles. The highest BCUT2D eigenvalue weighted by Crippen LogP contribution is 2.40. The maximum absolute atomic E-state index is 12.0. The number of esters is 1. The van der Waals surface area contributed by atoms with E-state index in [1.54, 1.807) is 43.5 Å². The number of rotatable bonds is 9. The molecule has 138 valence electrons. The van der Waals surface area contributed by atoms with Crippen molar-refractivity contribution < 1.29 is 23.8 Å². The predicted octanol–water partition coefficient (Wildman–Crippen LogP) is 4.67. The summed E-state index contributed by atoms with van der Waals surface area (Å²) in [6.45, 7) is 4.44. The van der Waals surface area contributed by atoms with Crippen molar-refractivity contribution in [1.82, 2.24) is 0 Å². The minimum atomic E-state index is -0.332. The molecular formula is C21H24O5. The fourth-order valence-corrected chi connectivity index (χ4v) is 2.57. The summed E-state index contributed by atoms with van der Waals surface area (Å²) < 4.78 is 16.6. The van der Waals surface area contributed by atoms with Crippen LogP contribution in [0.15, 0.2) is 36.4 Å². The third-order valence-electron chi connectivity index (χ3n) is 3.78.